The van der Waals surface area contributed by atoms with E-state index in [2.05, 4.69) is 20.8 Å². The summed E-state index contributed by atoms with van der Waals surface area (Å²) in [6.45, 7) is 7.22. The Hall–Kier alpha value is -1.10. The molecule has 0 rings (SSSR count). The highest BCUT2D eigenvalue weighted by molar-refractivity contribution is 5.69. The Morgan fingerprint density at radius 1 is 0.500 bits per heavy atom. The van der Waals surface area contributed by atoms with Gasteiger partial charge in [0.05, 0.1) is 12.7 Å². The second-order valence-electron chi connectivity index (χ2n) is 12.0. The Bertz CT molecular complexity index is 550. The Morgan fingerprint density at radius 3 is 1.43 bits per heavy atom. The molecule has 0 aliphatic rings. The summed E-state index contributed by atoms with van der Waals surface area (Å²) in [7, 11) is 0. The van der Waals surface area contributed by atoms with E-state index < -0.39 is 6.10 Å². The van der Waals surface area contributed by atoms with Crippen molar-refractivity contribution in [3.63, 3.8) is 0 Å². The minimum absolute atomic E-state index is 0.0655. The van der Waals surface area contributed by atoms with Crippen LogP contribution in [-0.2, 0) is 19.1 Å². The maximum absolute atomic E-state index is 12.5. The van der Waals surface area contributed by atoms with Crippen molar-refractivity contribution < 1.29 is 24.2 Å². The molecule has 0 saturated heterocycles. The van der Waals surface area contributed by atoms with Crippen LogP contribution in [0.3, 0.4) is 0 Å². The van der Waals surface area contributed by atoms with Gasteiger partial charge in [-0.15, -0.1) is 0 Å². The third kappa shape index (κ3) is 27.1. The van der Waals surface area contributed by atoms with Crippen molar-refractivity contribution in [3.05, 3.63) is 0 Å². The summed E-state index contributed by atoms with van der Waals surface area (Å²) in [5.41, 5.74) is 0. The van der Waals surface area contributed by atoms with E-state index in [4.69, 9.17) is 9.47 Å². The number of aliphatic hydroxyl groups is 1. The van der Waals surface area contributed by atoms with Crippen LogP contribution in [0.4, 0.5) is 0 Å². The molecule has 0 amide bonds. The molecule has 0 radical (unpaired) electrons. The average Bonchev–Trinajstić information content (AvgIpc) is 2.94. The smallest absolute Gasteiger partial charge is 0.306 e. The molecule has 0 saturated carbocycles. The minimum Gasteiger partial charge on any atom is -0.466 e. The zero-order valence-electron chi connectivity index (χ0n) is 27.0. The lowest BCUT2D eigenvalue weighted by atomic mass is 9.99. The largest absolute Gasteiger partial charge is 0.466 e. The fourth-order valence-electron chi connectivity index (χ4n) is 5.21. The molecule has 5 heteroatoms. The molecule has 0 aliphatic carbocycles. The van der Waals surface area contributed by atoms with E-state index in [0.717, 1.165) is 77.0 Å². The van der Waals surface area contributed by atoms with E-state index in [1.165, 1.54) is 77.0 Å². The second kappa shape index (κ2) is 30.8. The third-order valence-corrected chi connectivity index (χ3v) is 7.93. The van der Waals surface area contributed by atoms with Crippen LogP contribution in [0.2, 0.25) is 0 Å². The molecule has 2 atom stereocenters. The summed E-state index contributed by atoms with van der Waals surface area (Å²) >= 11 is 0. The highest BCUT2D eigenvalue weighted by atomic mass is 16.6. The van der Waals surface area contributed by atoms with Crippen LogP contribution in [0.25, 0.3) is 0 Å². The van der Waals surface area contributed by atoms with Crippen molar-refractivity contribution in [1.29, 1.82) is 0 Å². The zero-order chi connectivity index (χ0) is 29.5. The number of unbranched alkanes of at least 4 members (excludes halogenated alkanes) is 19. The summed E-state index contributed by atoms with van der Waals surface area (Å²) < 4.78 is 11.2. The van der Waals surface area contributed by atoms with Crippen LogP contribution in [0.15, 0.2) is 0 Å². The van der Waals surface area contributed by atoms with Crippen molar-refractivity contribution in [3.8, 4) is 0 Å². The van der Waals surface area contributed by atoms with Crippen molar-refractivity contribution in [2.24, 2.45) is 0 Å². The van der Waals surface area contributed by atoms with E-state index in [9.17, 15) is 14.7 Å². The summed E-state index contributed by atoms with van der Waals surface area (Å²) in [6.07, 6.45) is 27.6. The lowest BCUT2D eigenvalue weighted by Gasteiger charge is -2.23. The van der Waals surface area contributed by atoms with Crippen molar-refractivity contribution in [1.82, 2.24) is 0 Å². The molecule has 0 heterocycles. The molecular formula is C35H68O5. The molecule has 238 valence electrons. The lowest BCUT2D eigenvalue weighted by Crippen LogP contribution is -2.31. The first-order chi connectivity index (χ1) is 19.5. The monoisotopic (exact) mass is 569 g/mol. The average molecular weight is 569 g/mol. The van der Waals surface area contributed by atoms with Gasteiger partial charge in [0, 0.05) is 12.8 Å². The highest BCUT2D eigenvalue weighted by Gasteiger charge is 2.22. The van der Waals surface area contributed by atoms with Gasteiger partial charge in [-0.1, -0.05) is 143 Å². The Kier molecular flexibility index (Phi) is 30.0. The molecule has 0 fully saturated rings. The molecule has 5 nitrogen and oxygen atoms in total. The van der Waals surface area contributed by atoms with Gasteiger partial charge in [0.1, 0.15) is 6.10 Å². The Balaban J connectivity index is 4.10. The van der Waals surface area contributed by atoms with Gasteiger partial charge in [0.2, 0.25) is 0 Å². The quantitative estimate of drug-likeness (QED) is 0.0665. The van der Waals surface area contributed by atoms with E-state index in [0.29, 0.717) is 25.9 Å². The van der Waals surface area contributed by atoms with Crippen LogP contribution in [0.1, 0.15) is 194 Å². The zero-order valence-corrected chi connectivity index (χ0v) is 27.0. The molecule has 2 unspecified atom stereocenters. The molecule has 40 heavy (non-hydrogen) atoms. The number of hydrogen-bond acceptors (Lipinski definition) is 5. The van der Waals surface area contributed by atoms with Crippen molar-refractivity contribution >= 4 is 11.9 Å². The van der Waals surface area contributed by atoms with Gasteiger partial charge < -0.3 is 14.6 Å². The number of aliphatic hydroxyl groups excluding tert-OH is 1. The molecule has 0 spiro atoms. The third-order valence-electron chi connectivity index (χ3n) is 7.93. The summed E-state index contributed by atoms with van der Waals surface area (Å²) in [5.74, 6) is -0.210. The van der Waals surface area contributed by atoms with E-state index in [-0.39, 0.29) is 18.0 Å². The molecule has 0 aromatic rings. The van der Waals surface area contributed by atoms with Gasteiger partial charge in [-0.25, -0.2) is 0 Å². The fourth-order valence-corrected chi connectivity index (χ4v) is 5.21. The number of esters is 2. The fraction of sp³-hybridized carbons (Fsp3) is 0.943. The molecule has 0 aromatic heterocycles. The van der Waals surface area contributed by atoms with Gasteiger partial charge in [-0.3, -0.25) is 9.59 Å². The first-order valence-corrected chi connectivity index (χ1v) is 17.6. The van der Waals surface area contributed by atoms with Crippen molar-refractivity contribution in [2.45, 2.75) is 206 Å². The van der Waals surface area contributed by atoms with Gasteiger partial charge >= 0.3 is 11.9 Å². The maximum atomic E-state index is 12.5. The molecule has 0 bridgehead atoms. The summed E-state index contributed by atoms with van der Waals surface area (Å²) in [4.78, 5) is 24.4. The topological polar surface area (TPSA) is 72.8 Å². The Labute approximate surface area is 248 Å². The predicted molar refractivity (Wildman–Crippen MR) is 169 cm³/mol. The molecule has 1 N–H and O–H groups in total. The molecular weight excluding hydrogens is 500 g/mol. The van der Waals surface area contributed by atoms with Crippen LogP contribution >= 0.6 is 0 Å². The van der Waals surface area contributed by atoms with Crippen LogP contribution < -0.4 is 0 Å². The van der Waals surface area contributed by atoms with Gasteiger partial charge in [-0.2, -0.15) is 0 Å². The van der Waals surface area contributed by atoms with E-state index in [1.807, 2.05) is 0 Å². The first kappa shape index (κ1) is 38.9. The number of carbonyl (C=O) groups is 2. The summed E-state index contributed by atoms with van der Waals surface area (Å²) in [6, 6.07) is 0. The number of hydrogen-bond donors (Lipinski definition) is 1. The van der Waals surface area contributed by atoms with Gasteiger partial charge in [0.25, 0.3) is 0 Å². The van der Waals surface area contributed by atoms with Crippen LogP contribution in [0.5, 0.6) is 0 Å². The van der Waals surface area contributed by atoms with E-state index in [1.54, 1.807) is 0 Å². The number of ether oxygens (including phenoxy) is 2. The lowest BCUT2D eigenvalue weighted by molar-refractivity contribution is -0.156. The Morgan fingerprint density at radius 2 is 0.900 bits per heavy atom. The van der Waals surface area contributed by atoms with Crippen molar-refractivity contribution in [2.75, 3.05) is 6.61 Å². The molecule has 0 aromatic carbocycles. The highest BCUT2D eigenvalue weighted by Crippen LogP contribution is 2.19. The number of rotatable bonds is 31. The van der Waals surface area contributed by atoms with Crippen LogP contribution in [-0.4, -0.2) is 35.9 Å². The SMILES string of the molecule is CCCCCCCCOC(=O)CCCCCCCC(O)C(CCCCCCCC)OC(=O)CCCCCCCC. The first-order valence-electron chi connectivity index (χ1n) is 17.6. The number of carbonyl (C=O) groups excluding carboxylic acids is 2. The predicted octanol–water partition coefficient (Wildman–Crippen LogP) is 10.4. The van der Waals surface area contributed by atoms with Gasteiger partial charge in [-0.05, 0) is 38.5 Å². The maximum Gasteiger partial charge on any atom is 0.306 e. The van der Waals surface area contributed by atoms with E-state index >= 15 is 0 Å². The van der Waals surface area contributed by atoms with Crippen LogP contribution in [0, 0.1) is 0 Å². The summed E-state index contributed by atoms with van der Waals surface area (Å²) in [5, 5.41) is 10.9. The molecule has 0 aliphatic heterocycles. The standard InChI is InChI=1S/C35H68O5/c1-4-7-10-13-18-23-28-33(40-35(38)30-25-19-14-11-8-5-2)32(36)27-22-17-16-20-24-29-34(37)39-31-26-21-15-12-9-6-3/h32-33,36H,4-31H2,1-3H3. The normalized spacial score (nSPS) is 12.8. The van der Waals surface area contributed by atoms with Gasteiger partial charge in [0.15, 0.2) is 0 Å². The minimum atomic E-state index is -0.582. The second-order valence-corrected chi connectivity index (χ2v) is 12.0.